The number of carbonyl (C=O) groups excluding carboxylic acids is 2. The predicted molar refractivity (Wildman–Crippen MR) is 103 cm³/mol. The molecule has 2 aliphatic rings. The summed E-state index contributed by atoms with van der Waals surface area (Å²) in [6.45, 7) is 5.68. The van der Waals surface area contributed by atoms with Gasteiger partial charge >= 0.3 is 0 Å². The minimum Gasteiger partial charge on any atom is -0.343 e. The van der Waals surface area contributed by atoms with E-state index in [0.717, 1.165) is 43.4 Å². The van der Waals surface area contributed by atoms with Gasteiger partial charge in [0.25, 0.3) is 5.91 Å². The molecule has 2 fully saturated rings. The molecule has 27 heavy (non-hydrogen) atoms. The number of carbonyl (C=O) groups is 2. The fraction of sp³-hybridized carbons (Fsp3) is 0.550. The Morgan fingerprint density at radius 3 is 2.85 bits per heavy atom. The van der Waals surface area contributed by atoms with E-state index in [4.69, 9.17) is 0 Å². The van der Waals surface area contributed by atoms with E-state index < -0.39 is 0 Å². The van der Waals surface area contributed by atoms with Crippen LogP contribution in [0.1, 0.15) is 36.7 Å². The van der Waals surface area contributed by atoms with Gasteiger partial charge in [-0.05, 0) is 32.9 Å². The summed E-state index contributed by atoms with van der Waals surface area (Å²) in [5.74, 6) is 0.201. The molecule has 7 nitrogen and oxygen atoms in total. The summed E-state index contributed by atoms with van der Waals surface area (Å²) >= 11 is 0. The molecule has 3 heterocycles. The van der Waals surface area contributed by atoms with Gasteiger partial charge in [0.05, 0.1) is 5.52 Å². The average Bonchev–Trinajstić information content (AvgIpc) is 3.05. The lowest BCUT2D eigenvalue weighted by Gasteiger charge is -2.49. The Hall–Kier alpha value is -2.41. The zero-order valence-corrected chi connectivity index (χ0v) is 16.1. The number of nitrogens with zero attached hydrogens (tertiary/aromatic N) is 4. The number of piperazine rings is 1. The second kappa shape index (κ2) is 6.96. The van der Waals surface area contributed by atoms with Crippen LogP contribution in [0, 0.1) is 0 Å². The van der Waals surface area contributed by atoms with Crippen molar-refractivity contribution in [3.05, 3.63) is 30.0 Å². The summed E-state index contributed by atoms with van der Waals surface area (Å²) in [4.78, 5) is 31.8. The molecular weight excluding hydrogens is 342 g/mol. The Morgan fingerprint density at radius 1 is 1.22 bits per heavy atom. The highest BCUT2D eigenvalue weighted by Gasteiger charge is 2.43. The molecule has 2 amide bonds. The van der Waals surface area contributed by atoms with Crippen LogP contribution < -0.4 is 0 Å². The van der Waals surface area contributed by atoms with Crippen LogP contribution in [-0.2, 0) is 4.79 Å². The number of para-hydroxylation sites is 1. The maximum absolute atomic E-state index is 13.2. The quantitative estimate of drug-likeness (QED) is 0.875. The highest BCUT2D eigenvalue weighted by Crippen LogP contribution is 2.33. The van der Waals surface area contributed by atoms with Crippen LogP contribution >= 0.6 is 0 Å². The number of benzene rings is 1. The van der Waals surface area contributed by atoms with E-state index in [1.165, 1.54) is 0 Å². The third-order valence-corrected chi connectivity index (χ3v) is 6.35. The number of likely N-dealkylation sites (tertiary alicyclic amines) is 1. The van der Waals surface area contributed by atoms with Gasteiger partial charge in [-0.3, -0.25) is 19.6 Å². The number of nitrogens with one attached hydrogen (secondary N) is 1. The topological polar surface area (TPSA) is 72.5 Å². The van der Waals surface area contributed by atoms with Gasteiger partial charge in [-0.1, -0.05) is 18.2 Å². The summed E-state index contributed by atoms with van der Waals surface area (Å²) in [7, 11) is 2.12. The molecule has 0 unspecified atom stereocenters. The molecule has 2 aromatic rings. The number of fused-ring (bicyclic) bond motifs is 1. The van der Waals surface area contributed by atoms with Crippen molar-refractivity contribution >= 4 is 22.7 Å². The number of amides is 2. The van der Waals surface area contributed by atoms with Crippen molar-refractivity contribution in [3.8, 4) is 0 Å². The first-order valence-electron chi connectivity index (χ1n) is 9.75. The monoisotopic (exact) mass is 369 g/mol. The number of H-pyrrole nitrogens is 1. The Morgan fingerprint density at radius 2 is 2.04 bits per heavy atom. The van der Waals surface area contributed by atoms with Gasteiger partial charge < -0.3 is 9.80 Å². The second-order valence-electron chi connectivity index (χ2n) is 7.71. The van der Waals surface area contributed by atoms with Crippen molar-refractivity contribution in [1.29, 1.82) is 0 Å². The lowest BCUT2D eigenvalue weighted by Crippen LogP contribution is -2.62. The zero-order valence-electron chi connectivity index (χ0n) is 16.1. The number of aromatic amines is 1. The average molecular weight is 369 g/mol. The Kier molecular flexibility index (Phi) is 4.63. The first-order valence-corrected chi connectivity index (χ1v) is 9.75. The van der Waals surface area contributed by atoms with Crippen LogP contribution in [0.4, 0.5) is 0 Å². The van der Waals surface area contributed by atoms with Crippen molar-refractivity contribution in [2.24, 2.45) is 0 Å². The van der Waals surface area contributed by atoms with Crippen LogP contribution in [0.3, 0.4) is 0 Å². The Labute approximate surface area is 159 Å². The largest absolute Gasteiger partial charge is 0.343 e. The molecule has 7 heteroatoms. The van der Waals surface area contributed by atoms with E-state index in [0.29, 0.717) is 25.2 Å². The van der Waals surface area contributed by atoms with E-state index >= 15 is 0 Å². The van der Waals surface area contributed by atoms with Crippen LogP contribution in [0.5, 0.6) is 0 Å². The van der Waals surface area contributed by atoms with Gasteiger partial charge in [0.15, 0.2) is 5.69 Å². The fourth-order valence-corrected chi connectivity index (χ4v) is 4.48. The Balaban J connectivity index is 1.58. The standard InChI is InChI=1S/C20H27N5O2/c1-3-24-11-10-20(9-8-17(24)26)14-25(13-12-23(20)2)19(27)18-15-6-4-5-7-16(15)21-22-18/h4-7H,3,8-14H2,1-2H3,(H,21,22)/t20-/m1/s1. The van der Waals surface area contributed by atoms with Gasteiger partial charge in [-0.15, -0.1) is 0 Å². The highest BCUT2D eigenvalue weighted by atomic mass is 16.2. The summed E-state index contributed by atoms with van der Waals surface area (Å²) in [6, 6.07) is 7.72. The molecule has 0 saturated carbocycles. The van der Waals surface area contributed by atoms with Crippen LogP contribution in [0.2, 0.25) is 0 Å². The number of hydrogen-bond acceptors (Lipinski definition) is 4. The molecule has 0 aliphatic carbocycles. The van der Waals surface area contributed by atoms with Crippen molar-refractivity contribution in [3.63, 3.8) is 0 Å². The minimum absolute atomic E-state index is 0.0251. The molecule has 0 bridgehead atoms. The maximum atomic E-state index is 13.2. The van der Waals surface area contributed by atoms with Gasteiger partial charge in [0.2, 0.25) is 5.91 Å². The van der Waals surface area contributed by atoms with E-state index in [1.807, 2.05) is 41.0 Å². The third kappa shape index (κ3) is 3.10. The molecule has 1 atom stereocenters. The normalized spacial score (nSPS) is 24.6. The van der Waals surface area contributed by atoms with Crippen molar-refractivity contribution in [1.82, 2.24) is 24.9 Å². The third-order valence-electron chi connectivity index (χ3n) is 6.35. The summed E-state index contributed by atoms with van der Waals surface area (Å²) in [6.07, 6.45) is 2.24. The highest BCUT2D eigenvalue weighted by molar-refractivity contribution is 6.04. The maximum Gasteiger partial charge on any atom is 0.275 e. The van der Waals surface area contributed by atoms with Gasteiger partial charge in [0.1, 0.15) is 0 Å². The van der Waals surface area contributed by atoms with Crippen molar-refractivity contribution in [2.75, 3.05) is 39.8 Å². The van der Waals surface area contributed by atoms with Crippen molar-refractivity contribution in [2.45, 2.75) is 31.7 Å². The van der Waals surface area contributed by atoms with Crippen LogP contribution in [-0.4, -0.2) is 82.0 Å². The Bertz CT molecular complexity index is 863. The first kappa shape index (κ1) is 18.0. The molecule has 4 rings (SSSR count). The molecule has 0 radical (unpaired) electrons. The predicted octanol–water partition coefficient (Wildman–Crippen LogP) is 1.72. The smallest absolute Gasteiger partial charge is 0.275 e. The first-order chi connectivity index (χ1) is 13.0. The molecule has 1 aromatic heterocycles. The molecule has 144 valence electrons. The van der Waals surface area contributed by atoms with E-state index in [2.05, 4.69) is 22.1 Å². The lowest BCUT2D eigenvalue weighted by molar-refractivity contribution is -0.130. The van der Waals surface area contributed by atoms with Gasteiger partial charge in [0, 0.05) is 50.1 Å². The van der Waals surface area contributed by atoms with Gasteiger partial charge in [-0.2, -0.15) is 5.10 Å². The molecular formula is C20H27N5O2. The summed E-state index contributed by atoms with van der Waals surface area (Å²) in [5, 5.41) is 8.11. The fourth-order valence-electron chi connectivity index (χ4n) is 4.48. The van der Waals surface area contributed by atoms with Crippen LogP contribution in [0.15, 0.2) is 24.3 Å². The van der Waals surface area contributed by atoms with E-state index in [1.54, 1.807) is 0 Å². The zero-order chi connectivity index (χ0) is 19.0. The summed E-state index contributed by atoms with van der Waals surface area (Å²) < 4.78 is 0. The van der Waals surface area contributed by atoms with Gasteiger partial charge in [-0.25, -0.2) is 0 Å². The second-order valence-corrected chi connectivity index (χ2v) is 7.71. The number of rotatable bonds is 2. The molecule has 2 aliphatic heterocycles. The van der Waals surface area contributed by atoms with E-state index in [9.17, 15) is 9.59 Å². The van der Waals surface area contributed by atoms with Crippen molar-refractivity contribution < 1.29 is 9.59 Å². The molecule has 1 aromatic carbocycles. The van der Waals surface area contributed by atoms with Crippen LogP contribution in [0.25, 0.3) is 10.9 Å². The number of hydrogen-bond donors (Lipinski definition) is 1. The number of likely N-dealkylation sites (N-methyl/N-ethyl adjacent to an activating group) is 1. The summed E-state index contributed by atoms with van der Waals surface area (Å²) in [5.41, 5.74) is 1.23. The SMILES string of the molecule is CCN1CC[C@]2(CCC1=O)CN(C(=O)c1n[nH]c3ccccc13)CCN2C. The molecule has 1 N–H and O–H groups in total. The number of aromatic nitrogens is 2. The van der Waals surface area contributed by atoms with E-state index in [-0.39, 0.29) is 17.4 Å². The molecule has 2 saturated heterocycles. The molecule has 1 spiro atoms. The minimum atomic E-state index is -0.139. The lowest BCUT2D eigenvalue weighted by atomic mass is 9.86.